The first-order chi connectivity index (χ1) is 12.1. The number of aryl methyl sites for hydroxylation is 1. The summed E-state index contributed by atoms with van der Waals surface area (Å²) in [7, 11) is 0. The highest BCUT2D eigenvalue weighted by Gasteiger charge is 2.25. The Kier molecular flexibility index (Phi) is 6.10. The second-order valence-electron chi connectivity index (χ2n) is 7.60. The number of hydrogen-bond donors (Lipinski definition) is 1. The quantitative estimate of drug-likeness (QED) is 0.856. The van der Waals surface area contributed by atoms with Crippen LogP contribution in [0.5, 0.6) is 0 Å². The molecule has 1 aliphatic carbocycles. The van der Waals surface area contributed by atoms with Crippen LogP contribution in [0.2, 0.25) is 0 Å². The van der Waals surface area contributed by atoms with Crippen LogP contribution in [0.1, 0.15) is 56.9 Å². The highest BCUT2D eigenvalue weighted by molar-refractivity contribution is 5.74. The molecule has 0 atom stereocenters. The van der Waals surface area contributed by atoms with Crippen LogP contribution < -0.4 is 10.9 Å². The van der Waals surface area contributed by atoms with E-state index >= 15 is 0 Å². The zero-order valence-corrected chi connectivity index (χ0v) is 15.2. The van der Waals surface area contributed by atoms with Crippen molar-refractivity contribution < 1.29 is 4.79 Å². The fourth-order valence-corrected chi connectivity index (χ4v) is 3.98. The van der Waals surface area contributed by atoms with Gasteiger partial charge in [0.15, 0.2) is 0 Å². The molecular formula is C19H30N4O2. The van der Waals surface area contributed by atoms with Crippen molar-refractivity contribution in [1.82, 2.24) is 19.8 Å². The number of piperidine rings is 1. The van der Waals surface area contributed by atoms with Gasteiger partial charge in [0.2, 0.25) is 0 Å². The fraction of sp³-hybridized carbons (Fsp3) is 0.737. The van der Waals surface area contributed by atoms with Crippen LogP contribution in [0.15, 0.2) is 17.3 Å². The van der Waals surface area contributed by atoms with E-state index in [0.29, 0.717) is 24.1 Å². The van der Waals surface area contributed by atoms with Crippen molar-refractivity contribution in [3.8, 4) is 0 Å². The number of carbonyl (C=O) groups excluding carboxylic acids is 1. The van der Waals surface area contributed by atoms with Gasteiger partial charge in [-0.1, -0.05) is 25.7 Å². The molecule has 1 saturated heterocycles. The van der Waals surface area contributed by atoms with Gasteiger partial charge in [-0.05, 0) is 38.5 Å². The minimum Gasteiger partial charge on any atom is -0.335 e. The Balaban J connectivity index is 1.47. The SMILES string of the molecule is Cc1cncn(CC2CCN(C(=O)NC3CCCCCC3)CC2)c1=O. The summed E-state index contributed by atoms with van der Waals surface area (Å²) in [5, 5.41) is 3.23. The minimum absolute atomic E-state index is 0.0449. The Labute approximate surface area is 149 Å². The van der Waals surface area contributed by atoms with E-state index in [1.807, 2.05) is 4.90 Å². The van der Waals surface area contributed by atoms with Crippen LogP contribution >= 0.6 is 0 Å². The van der Waals surface area contributed by atoms with Crippen LogP contribution in [-0.4, -0.2) is 39.6 Å². The van der Waals surface area contributed by atoms with Crippen LogP contribution in [0, 0.1) is 12.8 Å². The highest BCUT2D eigenvalue weighted by atomic mass is 16.2. The van der Waals surface area contributed by atoms with E-state index in [1.165, 1.54) is 25.7 Å². The van der Waals surface area contributed by atoms with Gasteiger partial charge in [0, 0.05) is 37.4 Å². The molecule has 0 aromatic carbocycles. The van der Waals surface area contributed by atoms with Crippen molar-refractivity contribution in [2.75, 3.05) is 13.1 Å². The molecule has 0 bridgehead atoms. The molecule has 1 aromatic heterocycles. The molecule has 2 aliphatic rings. The molecule has 0 radical (unpaired) electrons. The number of nitrogens with zero attached hydrogens (tertiary/aromatic N) is 3. The molecule has 1 aromatic rings. The number of aromatic nitrogens is 2. The second kappa shape index (κ2) is 8.50. The first-order valence-electron chi connectivity index (χ1n) is 9.70. The number of urea groups is 1. The Bertz CT molecular complexity index is 627. The zero-order chi connectivity index (χ0) is 17.6. The van der Waals surface area contributed by atoms with Crippen molar-refractivity contribution >= 4 is 6.03 Å². The van der Waals surface area contributed by atoms with Crippen LogP contribution in [-0.2, 0) is 6.54 Å². The molecule has 3 rings (SSSR count). The molecule has 2 amide bonds. The van der Waals surface area contributed by atoms with Gasteiger partial charge in [0.05, 0.1) is 6.33 Å². The molecule has 1 saturated carbocycles. The van der Waals surface area contributed by atoms with Crippen LogP contribution in [0.3, 0.4) is 0 Å². The third-order valence-electron chi connectivity index (χ3n) is 5.61. The summed E-state index contributed by atoms with van der Waals surface area (Å²) < 4.78 is 1.71. The predicted molar refractivity (Wildman–Crippen MR) is 97.6 cm³/mol. The summed E-state index contributed by atoms with van der Waals surface area (Å²) in [6, 6.07) is 0.449. The maximum Gasteiger partial charge on any atom is 0.317 e. The maximum atomic E-state index is 12.5. The molecule has 0 spiro atoms. The minimum atomic E-state index is 0.0449. The molecule has 2 heterocycles. The number of nitrogens with one attached hydrogen (secondary N) is 1. The summed E-state index contributed by atoms with van der Waals surface area (Å²) in [5.74, 6) is 0.434. The summed E-state index contributed by atoms with van der Waals surface area (Å²) in [4.78, 5) is 30.7. The number of rotatable bonds is 3. The molecule has 0 unspecified atom stereocenters. The average Bonchev–Trinajstić information content (AvgIpc) is 2.88. The number of hydrogen-bond acceptors (Lipinski definition) is 3. The van der Waals surface area contributed by atoms with Crippen LogP contribution in [0.25, 0.3) is 0 Å². The number of likely N-dealkylation sites (tertiary alicyclic amines) is 1. The van der Waals surface area contributed by atoms with E-state index in [4.69, 9.17) is 0 Å². The molecule has 2 fully saturated rings. The van der Waals surface area contributed by atoms with Gasteiger partial charge in [-0.3, -0.25) is 9.36 Å². The van der Waals surface area contributed by atoms with Gasteiger partial charge in [-0.25, -0.2) is 9.78 Å². The Morgan fingerprint density at radius 1 is 1.16 bits per heavy atom. The maximum absolute atomic E-state index is 12.5. The van der Waals surface area contributed by atoms with E-state index in [2.05, 4.69) is 10.3 Å². The van der Waals surface area contributed by atoms with Crippen molar-refractivity contribution in [3.63, 3.8) is 0 Å². The lowest BCUT2D eigenvalue weighted by Crippen LogP contribution is -2.48. The fourth-order valence-electron chi connectivity index (χ4n) is 3.98. The van der Waals surface area contributed by atoms with Gasteiger partial charge in [-0.2, -0.15) is 0 Å². The molecule has 25 heavy (non-hydrogen) atoms. The van der Waals surface area contributed by atoms with Crippen molar-refractivity contribution in [1.29, 1.82) is 0 Å². The standard InChI is InChI=1S/C19H30N4O2/c1-15-12-20-14-23(18(15)24)13-16-8-10-22(11-9-16)19(25)21-17-6-4-2-3-5-7-17/h12,14,16-17H,2-11,13H2,1H3,(H,21,25). The third kappa shape index (κ3) is 4.83. The lowest BCUT2D eigenvalue weighted by atomic mass is 9.97. The highest BCUT2D eigenvalue weighted by Crippen LogP contribution is 2.20. The van der Waals surface area contributed by atoms with E-state index in [1.54, 1.807) is 24.0 Å². The first-order valence-corrected chi connectivity index (χ1v) is 9.70. The molecule has 6 nitrogen and oxygen atoms in total. The zero-order valence-electron chi connectivity index (χ0n) is 15.2. The number of carbonyl (C=O) groups is 1. The third-order valence-corrected chi connectivity index (χ3v) is 5.61. The van der Waals surface area contributed by atoms with Crippen molar-refractivity contribution in [2.24, 2.45) is 5.92 Å². The second-order valence-corrected chi connectivity index (χ2v) is 7.60. The van der Waals surface area contributed by atoms with Crippen molar-refractivity contribution in [2.45, 2.75) is 70.9 Å². The van der Waals surface area contributed by atoms with Gasteiger partial charge in [0.1, 0.15) is 0 Å². The van der Waals surface area contributed by atoms with E-state index in [-0.39, 0.29) is 11.6 Å². The molecule has 1 N–H and O–H groups in total. The smallest absolute Gasteiger partial charge is 0.317 e. The lowest BCUT2D eigenvalue weighted by molar-refractivity contribution is 0.161. The molecule has 6 heteroatoms. The average molecular weight is 346 g/mol. The van der Waals surface area contributed by atoms with Gasteiger partial charge in [0.25, 0.3) is 5.56 Å². The number of amides is 2. The lowest BCUT2D eigenvalue weighted by Gasteiger charge is -2.33. The Morgan fingerprint density at radius 3 is 2.52 bits per heavy atom. The summed E-state index contributed by atoms with van der Waals surface area (Å²) in [6.07, 6.45) is 12.4. The van der Waals surface area contributed by atoms with E-state index < -0.39 is 0 Å². The molecule has 138 valence electrons. The van der Waals surface area contributed by atoms with Gasteiger partial charge < -0.3 is 10.2 Å². The van der Waals surface area contributed by atoms with E-state index in [9.17, 15) is 9.59 Å². The normalized spacial score (nSPS) is 20.3. The first kappa shape index (κ1) is 18.0. The van der Waals surface area contributed by atoms with Gasteiger partial charge in [-0.15, -0.1) is 0 Å². The largest absolute Gasteiger partial charge is 0.335 e. The Morgan fingerprint density at radius 2 is 1.84 bits per heavy atom. The summed E-state index contributed by atoms with van der Waals surface area (Å²) in [6.45, 7) is 4.05. The molecule has 1 aliphatic heterocycles. The van der Waals surface area contributed by atoms with Gasteiger partial charge >= 0.3 is 6.03 Å². The van der Waals surface area contributed by atoms with Crippen LogP contribution in [0.4, 0.5) is 4.79 Å². The Hall–Kier alpha value is -1.85. The summed E-state index contributed by atoms with van der Waals surface area (Å²) >= 11 is 0. The molecular weight excluding hydrogens is 316 g/mol. The van der Waals surface area contributed by atoms with Crippen molar-refractivity contribution in [3.05, 3.63) is 28.4 Å². The predicted octanol–water partition coefficient (Wildman–Crippen LogP) is 2.70. The topological polar surface area (TPSA) is 67.2 Å². The van der Waals surface area contributed by atoms with E-state index in [0.717, 1.165) is 38.8 Å². The summed E-state index contributed by atoms with van der Waals surface area (Å²) in [5.41, 5.74) is 0.728. The monoisotopic (exact) mass is 346 g/mol.